The van der Waals surface area contributed by atoms with Crippen LogP contribution in [-0.4, -0.2) is 10.2 Å². The molecule has 2 N–H and O–H groups in total. The second-order valence-electron chi connectivity index (χ2n) is 11.2. The second-order valence-corrected chi connectivity index (χ2v) is 11.2. The first-order valence-electron chi connectivity index (χ1n) is 13.0. The molecule has 0 spiro atoms. The molecule has 2 unspecified atom stereocenters. The molecule has 5 rings (SSSR count). The van der Waals surface area contributed by atoms with Gasteiger partial charge in [0.2, 0.25) is 0 Å². The van der Waals surface area contributed by atoms with E-state index in [0.29, 0.717) is 6.42 Å². The molecular weight excluding hydrogens is 440 g/mol. The SMILES string of the molecule is CC1(C)CC(CC(O)(c2ccccc2)c2ccccc2)C(C(O)(c2ccccc2)c2ccccc2)C1. The Kier molecular flexibility index (Phi) is 6.59. The van der Waals surface area contributed by atoms with Crippen molar-refractivity contribution >= 4 is 0 Å². The smallest absolute Gasteiger partial charge is 0.118 e. The van der Waals surface area contributed by atoms with Gasteiger partial charge >= 0.3 is 0 Å². The van der Waals surface area contributed by atoms with Gasteiger partial charge in [-0.05, 0) is 58.8 Å². The van der Waals surface area contributed by atoms with E-state index < -0.39 is 11.2 Å². The molecule has 0 saturated heterocycles. The fourth-order valence-electron chi connectivity index (χ4n) is 6.59. The highest BCUT2D eigenvalue weighted by molar-refractivity contribution is 5.39. The molecular formula is C34H36O2. The molecule has 0 amide bonds. The van der Waals surface area contributed by atoms with Crippen LogP contribution in [0, 0.1) is 17.3 Å². The minimum Gasteiger partial charge on any atom is -0.380 e. The standard InChI is InChI=1S/C34H36O2/c1-32(2)23-26(24-33(35,27-15-7-3-8-16-27)28-17-9-4-10-18-28)31(25-32)34(36,29-19-11-5-12-20-29)30-21-13-6-14-22-30/h3-22,26,31,35-36H,23-25H2,1-2H3. The van der Waals surface area contributed by atoms with Crippen molar-refractivity contribution in [2.45, 2.75) is 44.3 Å². The van der Waals surface area contributed by atoms with Gasteiger partial charge < -0.3 is 10.2 Å². The molecule has 0 heterocycles. The van der Waals surface area contributed by atoms with Crippen LogP contribution < -0.4 is 0 Å². The summed E-state index contributed by atoms with van der Waals surface area (Å²) in [5.74, 6) is 0.0343. The summed E-state index contributed by atoms with van der Waals surface area (Å²) < 4.78 is 0. The molecule has 0 aliphatic heterocycles. The van der Waals surface area contributed by atoms with Crippen LogP contribution in [0.3, 0.4) is 0 Å². The van der Waals surface area contributed by atoms with Gasteiger partial charge in [0.1, 0.15) is 11.2 Å². The monoisotopic (exact) mass is 476 g/mol. The quantitative estimate of drug-likeness (QED) is 0.294. The van der Waals surface area contributed by atoms with Crippen molar-refractivity contribution in [2.75, 3.05) is 0 Å². The van der Waals surface area contributed by atoms with Crippen molar-refractivity contribution in [3.05, 3.63) is 144 Å². The number of aliphatic hydroxyl groups is 2. The van der Waals surface area contributed by atoms with E-state index in [1.165, 1.54) is 0 Å². The molecule has 36 heavy (non-hydrogen) atoms. The zero-order valence-electron chi connectivity index (χ0n) is 21.2. The van der Waals surface area contributed by atoms with Gasteiger partial charge in [-0.3, -0.25) is 0 Å². The van der Waals surface area contributed by atoms with Gasteiger partial charge in [0.15, 0.2) is 0 Å². The van der Waals surface area contributed by atoms with E-state index in [0.717, 1.165) is 35.1 Å². The first-order chi connectivity index (χ1) is 17.3. The van der Waals surface area contributed by atoms with Crippen LogP contribution in [0.15, 0.2) is 121 Å². The lowest BCUT2D eigenvalue weighted by Gasteiger charge is -2.41. The minimum atomic E-state index is -1.16. The average Bonchev–Trinajstić information content (AvgIpc) is 3.24. The fourth-order valence-corrected chi connectivity index (χ4v) is 6.59. The lowest BCUT2D eigenvalue weighted by molar-refractivity contribution is -0.0264. The molecule has 2 heteroatoms. The highest BCUT2D eigenvalue weighted by Gasteiger charge is 2.53. The molecule has 4 aromatic carbocycles. The lowest BCUT2D eigenvalue weighted by atomic mass is 9.68. The van der Waals surface area contributed by atoms with E-state index in [2.05, 4.69) is 13.8 Å². The molecule has 2 nitrogen and oxygen atoms in total. The maximum Gasteiger partial charge on any atom is 0.118 e. The third kappa shape index (κ3) is 4.52. The number of benzene rings is 4. The molecule has 1 fully saturated rings. The summed E-state index contributed by atoms with van der Waals surface area (Å²) in [5, 5.41) is 25.1. The first-order valence-corrected chi connectivity index (χ1v) is 13.0. The topological polar surface area (TPSA) is 40.5 Å². The van der Waals surface area contributed by atoms with Gasteiger partial charge in [-0.2, -0.15) is 0 Å². The normalized spacial score (nSPS) is 19.8. The van der Waals surface area contributed by atoms with Gasteiger partial charge in [-0.25, -0.2) is 0 Å². The van der Waals surface area contributed by atoms with Crippen LogP contribution >= 0.6 is 0 Å². The van der Waals surface area contributed by atoms with Crippen molar-refractivity contribution in [3.63, 3.8) is 0 Å². The summed E-state index contributed by atoms with van der Waals surface area (Å²) in [4.78, 5) is 0. The Morgan fingerprint density at radius 2 is 0.944 bits per heavy atom. The summed E-state index contributed by atoms with van der Waals surface area (Å²) in [7, 11) is 0. The van der Waals surface area contributed by atoms with E-state index in [1.54, 1.807) is 0 Å². The Morgan fingerprint density at radius 1 is 0.583 bits per heavy atom. The number of rotatable bonds is 7. The molecule has 1 aliphatic carbocycles. The molecule has 0 bridgehead atoms. The van der Waals surface area contributed by atoms with Crippen molar-refractivity contribution in [2.24, 2.45) is 17.3 Å². The van der Waals surface area contributed by atoms with Gasteiger partial charge in [0.05, 0.1) is 0 Å². The Balaban J connectivity index is 1.63. The lowest BCUT2D eigenvalue weighted by Crippen LogP contribution is -2.41. The summed E-state index contributed by atoms with van der Waals surface area (Å²) in [6, 6.07) is 40.1. The molecule has 1 aliphatic rings. The summed E-state index contributed by atoms with van der Waals surface area (Å²) in [6.07, 6.45) is 2.34. The van der Waals surface area contributed by atoms with Crippen LogP contribution in [0.4, 0.5) is 0 Å². The maximum absolute atomic E-state index is 12.7. The van der Waals surface area contributed by atoms with E-state index >= 15 is 0 Å². The molecule has 184 valence electrons. The Bertz CT molecular complexity index is 1170. The van der Waals surface area contributed by atoms with Crippen molar-refractivity contribution in [1.82, 2.24) is 0 Å². The van der Waals surface area contributed by atoms with Crippen LogP contribution in [0.25, 0.3) is 0 Å². The number of hydrogen-bond acceptors (Lipinski definition) is 2. The number of hydrogen-bond donors (Lipinski definition) is 2. The van der Waals surface area contributed by atoms with Crippen molar-refractivity contribution < 1.29 is 10.2 Å². The third-order valence-corrected chi connectivity index (χ3v) is 8.18. The van der Waals surface area contributed by atoms with Crippen LogP contribution in [0.5, 0.6) is 0 Å². The Labute approximate surface area is 215 Å². The fraction of sp³-hybridized carbons (Fsp3) is 0.294. The molecule has 0 aromatic heterocycles. The predicted molar refractivity (Wildman–Crippen MR) is 146 cm³/mol. The van der Waals surface area contributed by atoms with E-state index in [-0.39, 0.29) is 17.3 Å². The summed E-state index contributed by atoms with van der Waals surface area (Å²) in [5.41, 5.74) is 1.33. The molecule has 4 aromatic rings. The zero-order chi connectivity index (χ0) is 25.2. The van der Waals surface area contributed by atoms with Crippen LogP contribution in [-0.2, 0) is 11.2 Å². The van der Waals surface area contributed by atoms with E-state index in [1.807, 2.05) is 121 Å². The van der Waals surface area contributed by atoms with E-state index in [4.69, 9.17) is 0 Å². The largest absolute Gasteiger partial charge is 0.380 e. The molecule has 0 radical (unpaired) electrons. The highest BCUT2D eigenvalue weighted by atomic mass is 16.3. The third-order valence-electron chi connectivity index (χ3n) is 8.18. The van der Waals surface area contributed by atoms with Gasteiger partial charge in [0.25, 0.3) is 0 Å². The Morgan fingerprint density at radius 3 is 1.33 bits per heavy atom. The van der Waals surface area contributed by atoms with Gasteiger partial charge in [-0.15, -0.1) is 0 Å². The first kappa shape index (κ1) is 24.5. The molecule has 1 saturated carbocycles. The van der Waals surface area contributed by atoms with Crippen molar-refractivity contribution in [3.8, 4) is 0 Å². The zero-order valence-corrected chi connectivity index (χ0v) is 21.2. The van der Waals surface area contributed by atoms with Crippen LogP contribution in [0.1, 0.15) is 55.4 Å². The van der Waals surface area contributed by atoms with Crippen LogP contribution in [0.2, 0.25) is 0 Å². The van der Waals surface area contributed by atoms with E-state index in [9.17, 15) is 10.2 Å². The predicted octanol–water partition coefficient (Wildman–Crippen LogP) is 7.30. The van der Waals surface area contributed by atoms with Crippen molar-refractivity contribution in [1.29, 1.82) is 0 Å². The maximum atomic E-state index is 12.7. The second kappa shape index (κ2) is 9.69. The van der Waals surface area contributed by atoms with Gasteiger partial charge in [-0.1, -0.05) is 135 Å². The highest BCUT2D eigenvalue weighted by Crippen LogP contribution is 2.57. The minimum absolute atomic E-state index is 0.0428. The Hall–Kier alpha value is -3.20. The average molecular weight is 477 g/mol. The summed E-state index contributed by atoms with van der Waals surface area (Å²) >= 11 is 0. The van der Waals surface area contributed by atoms with Gasteiger partial charge in [0, 0.05) is 0 Å². The summed E-state index contributed by atoms with van der Waals surface area (Å²) in [6.45, 7) is 4.58. The molecule has 2 atom stereocenters.